The van der Waals surface area contributed by atoms with Crippen LogP contribution in [0.15, 0.2) is 0 Å². The molecule has 172 valence electrons. The predicted octanol–water partition coefficient (Wildman–Crippen LogP) is 5.94. The molecule has 1 N–H and O–H groups in total. The molecule has 1 heterocycles. The van der Waals surface area contributed by atoms with Gasteiger partial charge in [0.05, 0.1) is 16.1 Å². The molecule has 1 amide bonds. The standard InChI is InChI=1S/C23H31ClF3N3O/c1-20-8-14-9-21(2,11-20)13-22(10-14,12-20)19(31)28-6-3-7-30-17(15-4-5-15)16(24)18(29-30)23(25,26)27/h14-15H,3-13H2,1-2H3,(H,28,31)/t14?,20-,21+,22?. The van der Waals surface area contributed by atoms with Gasteiger partial charge in [-0.15, -0.1) is 0 Å². The lowest BCUT2D eigenvalue weighted by molar-refractivity contribution is -0.170. The number of aromatic nitrogens is 2. The molecular formula is C23H31ClF3N3O. The molecule has 0 aromatic carbocycles. The number of carbonyl (C=O) groups is 1. The SMILES string of the molecule is C[C@]12CC3CC(C(=O)NCCCn4nc(C(F)(F)F)c(Cl)c4C4CC4)(C1)C[C@@](C)(C3)C2. The molecule has 0 aliphatic heterocycles. The van der Waals surface area contributed by atoms with Crippen LogP contribution in [0.2, 0.25) is 5.02 Å². The first-order valence-corrected chi connectivity index (χ1v) is 11.9. The van der Waals surface area contributed by atoms with Gasteiger partial charge in [-0.05, 0) is 74.5 Å². The lowest BCUT2D eigenvalue weighted by Gasteiger charge is -2.64. The van der Waals surface area contributed by atoms with Crippen molar-refractivity contribution in [2.75, 3.05) is 6.54 Å². The minimum absolute atomic E-state index is 0.0687. The lowest BCUT2D eigenvalue weighted by atomic mass is 9.40. The minimum Gasteiger partial charge on any atom is -0.356 e. The lowest BCUT2D eigenvalue weighted by Crippen LogP contribution is -2.59. The molecule has 0 radical (unpaired) electrons. The number of carbonyl (C=O) groups excluding carboxylic acids is 1. The zero-order valence-corrected chi connectivity index (χ0v) is 19.0. The van der Waals surface area contributed by atoms with Gasteiger partial charge in [0.2, 0.25) is 5.91 Å². The summed E-state index contributed by atoms with van der Waals surface area (Å²) in [4.78, 5) is 13.3. The van der Waals surface area contributed by atoms with Crippen molar-refractivity contribution in [2.45, 2.75) is 90.3 Å². The molecular weight excluding hydrogens is 427 g/mol. The van der Waals surface area contributed by atoms with Gasteiger partial charge in [-0.2, -0.15) is 18.3 Å². The van der Waals surface area contributed by atoms with E-state index >= 15 is 0 Å². The van der Waals surface area contributed by atoms with E-state index in [0.29, 0.717) is 31.1 Å². The fraction of sp³-hybridized carbons (Fsp3) is 0.826. The molecule has 5 fully saturated rings. The third-order valence-corrected chi connectivity index (χ3v) is 8.48. The Kier molecular flexibility index (Phi) is 4.79. The number of nitrogens with zero attached hydrogens (tertiary/aromatic N) is 2. The van der Waals surface area contributed by atoms with E-state index in [1.54, 1.807) is 0 Å². The van der Waals surface area contributed by atoms with Gasteiger partial charge >= 0.3 is 6.18 Å². The number of hydrogen-bond acceptors (Lipinski definition) is 2. The predicted molar refractivity (Wildman–Crippen MR) is 112 cm³/mol. The highest BCUT2D eigenvalue weighted by atomic mass is 35.5. The van der Waals surface area contributed by atoms with Gasteiger partial charge < -0.3 is 5.32 Å². The number of nitrogens with one attached hydrogen (secondary N) is 1. The van der Waals surface area contributed by atoms with Crippen LogP contribution >= 0.6 is 11.6 Å². The Balaban J connectivity index is 1.22. The summed E-state index contributed by atoms with van der Waals surface area (Å²) >= 11 is 6.04. The summed E-state index contributed by atoms with van der Waals surface area (Å²) in [6.45, 7) is 5.46. The summed E-state index contributed by atoms with van der Waals surface area (Å²) in [7, 11) is 0. The van der Waals surface area contributed by atoms with Crippen LogP contribution in [0, 0.1) is 22.2 Å². The van der Waals surface area contributed by atoms with Gasteiger partial charge in [0, 0.05) is 19.0 Å². The number of halogens is 4. The average molecular weight is 458 g/mol. The second kappa shape index (κ2) is 6.88. The van der Waals surface area contributed by atoms with Crippen molar-refractivity contribution in [1.82, 2.24) is 15.1 Å². The highest BCUT2D eigenvalue weighted by Crippen LogP contribution is 2.69. The Bertz CT molecular complexity index is 889. The molecule has 0 spiro atoms. The van der Waals surface area contributed by atoms with Crippen LogP contribution in [0.25, 0.3) is 0 Å². The molecule has 5 aliphatic rings. The summed E-state index contributed by atoms with van der Waals surface area (Å²) in [6, 6.07) is 0. The van der Waals surface area contributed by atoms with Crippen molar-refractivity contribution in [2.24, 2.45) is 22.2 Å². The van der Waals surface area contributed by atoms with E-state index < -0.39 is 11.9 Å². The second-order valence-electron chi connectivity index (χ2n) is 11.6. The van der Waals surface area contributed by atoms with E-state index in [1.165, 1.54) is 23.9 Å². The number of hydrogen-bond donors (Lipinski definition) is 1. The van der Waals surface area contributed by atoms with E-state index in [2.05, 4.69) is 24.3 Å². The number of alkyl halides is 3. The van der Waals surface area contributed by atoms with E-state index in [-0.39, 0.29) is 33.1 Å². The minimum atomic E-state index is -4.55. The summed E-state index contributed by atoms with van der Waals surface area (Å²) in [5.74, 6) is 0.857. The summed E-state index contributed by atoms with van der Waals surface area (Å²) in [5, 5.41) is 6.65. The van der Waals surface area contributed by atoms with E-state index in [1.807, 2.05) is 0 Å². The third kappa shape index (κ3) is 3.79. The molecule has 1 aromatic heterocycles. The molecule has 2 unspecified atom stereocenters. The summed E-state index contributed by atoms with van der Waals surface area (Å²) < 4.78 is 41.1. The molecule has 5 saturated carbocycles. The number of amides is 1. The van der Waals surface area contributed by atoms with Crippen molar-refractivity contribution < 1.29 is 18.0 Å². The van der Waals surface area contributed by atoms with E-state index in [4.69, 9.17) is 11.6 Å². The van der Waals surface area contributed by atoms with Gasteiger partial charge in [-0.3, -0.25) is 9.48 Å². The number of aryl methyl sites for hydroxylation is 1. The van der Waals surface area contributed by atoms with Crippen molar-refractivity contribution in [3.05, 3.63) is 16.4 Å². The van der Waals surface area contributed by atoms with Gasteiger partial charge in [-0.25, -0.2) is 0 Å². The van der Waals surface area contributed by atoms with Crippen LogP contribution in [0.4, 0.5) is 13.2 Å². The Morgan fingerprint density at radius 1 is 1.16 bits per heavy atom. The van der Waals surface area contributed by atoms with Gasteiger partial charge in [-0.1, -0.05) is 25.4 Å². The zero-order chi connectivity index (χ0) is 22.2. The Morgan fingerprint density at radius 2 is 1.81 bits per heavy atom. The average Bonchev–Trinajstić information content (AvgIpc) is 3.37. The van der Waals surface area contributed by atoms with Crippen LogP contribution in [0.3, 0.4) is 0 Å². The number of rotatable bonds is 6. The first kappa shape index (κ1) is 21.6. The highest BCUT2D eigenvalue weighted by molar-refractivity contribution is 6.32. The van der Waals surface area contributed by atoms with Gasteiger partial charge in [0.25, 0.3) is 0 Å². The fourth-order valence-electron chi connectivity index (χ4n) is 7.87. The van der Waals surface area contributed by atoms with E-state index in [0.717, 1.165) is 32.1 Å². The van der Waals surface area contributed by atoms with E-state index in [9.17, 15) is 18.0 Å². The van der Waals surface area contributed by atoms with Crippen LogP contribution in [-0.2, 0) is 17.5 Å². The van der Waals surface area contributed by atoms with Crippen molar-refractivity contribution in [3.63, 3.8) is 0 Å². The molecule has 31 heavy (non-hydrogen) atoms. The monoisotopic (exact) mass is 457 g/mol. The van der Waals surface area contributed by atoms with Crippen molar-refractivity contribution in [1.29, 1.82) is 0 Å². The summed E-state index contributed by atoms with van der Waals surface area (Å²) in [6.07, 6.45) is 4.30. The smallest absolute Gasteiger partial charge is 0.356 e. The molecule has 6 rings (SSSR count). The normalized spacial score (nSPS) is 36.8. The molecule has 0 saturated heterocycles. The van der Waals surface area contributed by atoms with Crippen molar-refractivity contribution >= 4 is 17.5 Å². The molecule has 4 nitrogen and oxygen atoms in total. The highest BCUT2D eigenvalue weighted by Gasteiger charge is 2.62. The quantitative estimate of drug-likeness (QED) is 0.537. The zero-order valence-electron chi connectivity index (χ0n) is 18.2. The van der Waals surface area contributed by atoms with Crippen LogP contribution in [-0.4, -0.2) is 22.2 Å². The van der Waals surface area contributed by atoms with Crippen LogP contribution < -0.4 is 5.32 Å². The molecule has 1 aromatic rings. The molecule has 4 atom stereocenters. The first-order chi connectivity index (χ1) is 14.4. The molecule has 8 heteroatoms. The van der Waals surface area contributed by atoms with Crippen molar-refractivity contribution in [3.8, 4) is 0 Å². The van der Waals surface area contributed by atoms with Crippen LogP contribution in [0.1, 0.15) is 88.9 Å². The second-order valence-corrected chi connectivity index (χ2v) is 11.9. The Hall–Kier alpha value is -1.24. The third-order valence-electron chi connectivity index (χ3n) is 8.10. The Morgan fingerprint density at radius 3 is 2.35 bits per heavy atom. The maximum atomic E-state index is 13.3. The van der Waals surface area contributed by atoms with Gasteiger partial charge in [0.15, 0.2) is 5.69 Å². The molecule has 5 aliphatic carbocycles. The first-order valence-electron chi connectivity index (χ1n) is 11.5. The topological polar surface area (TPSA) is 46.9 Å². The maximum absolute atomic E-state index is 13.3. The molecule has 4 bridgehead atoms. The summed E-state index contributed by atoms with van der Waals surface area (Å²) in [5.41, 5.74) is -0.215. The maximum Gasteiger partial charge on any atom is 0.436 e. The Labute approximate surface area is 186 Å². The van der Waals surface area contributed by atoms with Gasteiger partial charge in [0.1, 0.15) is 0 Å². The largest absolute Gasteiger partial charge is 0.436 e. The van der Waals surface area contributed by atoms with Crippen LogP contribution in [0.5, 0.6) is 0 Å². The fourth-order valence-corrected chi connectivity index (χ4v) is 8.27.